The van der Waals surface area contributed by atoms with Gasteiger partial charge in [0.1, 0.15) is 4.47 Å². The molecular weight excluding hydrogens is 294 g/mol. The summed E-state index contributed by atoms with van der Waals surface area (Å²) < 4.78 is 1.91. The van der Waals surface area contributed by atoms with Crippen LogP contribution in [0.3, 0.4) is 0 Å². The van der Waals surface area contributed by atoms with Gasteiger partial charge in [0.05, 0.1) is 11.9 Å². The zero-order valence-electron chi connectivity index (χ0n) is 11.2. The first kappa shape index (κ1) is 13.6. The fourth-order valence-electron chi connectivity index (χ4n) is 2.65. The molecule has 1 aromatic rings. The molecule has 1 unspecified atom stereocenters. The summed E-state index contributed by atoms with van der Waals surface area (Å²) in [6.45, 7) is 4.61. The number of nitrogens with one attached hydrogen (secondary N) is 1. The second-order valence-corrected chi connectivity index (χ2v) is 6.70. The molecular formula is C13H20BrN3O. The number of anilines is 1. The highest BCUT2D eigenvalue weighted by Crippen LogP contribution is 2.36. The number of aryl methyl sites for hydroxylation is 1. The quantitative estimate of drug-likeness (QED) is 0.913. The Labute approximate surface area is 116 Å². The van der Waals surface area contributed by atoms with Crippen molar-refractivity contribution in [3.05, 3.63) is 21.0 Å². The Kier molecular flexibility index (Phi) is 3.80. The number of hydrogen-bond acceptors (Lipinski definition) is 3. The van der Waals surface area contributed by atoms with Crippen molar-refractivity contribution in [2.75, 3.05) is 5.32 Å². The van der Waals surface area contributed by atoms with Crippen LogP contribution >= 0.6 is 15.9 Å². The second-order valence-electron chi connectivity index (χ2n) is 5.90. The first-order chi connectivity index (χ1) is 8.39. The fourth-order valence-corrected chi connectivity index (χ4v) is 3.13. The van der Waals surface area contributed by atoms with Crippen molar-refractivity contribution >= 4 is 21.6 Å². The maximum Gasteiger partial charge on any atom is 0.282 e. The minimum absolute atomic E-state index is 0.102. The van der Waals surface area contributed by atoms with Gasteiger partial charge >= 0.3 is 0 Å². The van der Waals surface area contributed by atoms with Crippen LogP contribution in [-0.2, 0) is 7.05 Å². The number of hydrogen-bond donors (Lipinski definition) is 1. The Morgan fingerprint density at radius 1 is 1.56 bits per heavy atom. The standard InChI is InChI=1S/C13H20BrN3O/c1-13(2)6-4-5-9(7-13)16-10-8-15-17(3)12(18)11(10)14/h8-9,16H,4-7H2,1-3H3. The van der Waals surface area contributed by atoms with Gasteiger partial charge in [0, 0.05) is 13.1 Å². The lowest BCUT2D eigenvalue weighted by Gasteiger charge is -2.36. The maximum atomic E-state index is 11.8. The zero-order chi connectivity index (χ0) is 13.3. The van der Waals surface area contributed by atoms with Crippen LogP contribution in [0.2, 0.25) is 0 Å². The van der Waals surface area contributed by atoms with Crippen LogP contribution in [0, 0.1) is 5.41 Å². The van der Waals surface area contributed by atoms with Gasteiger partial charge in [-0.05, 0) is 40.6 Å². The van der Waals surface area contributed by atoms with Gasteiger partial charge in [0.2, 0.25) is 0 Å². The summed E-state index contributed by atoms with van der Waals surface area (Å²) in [5, 5.41) is 7.50. The van der Waals surface area contributed by atoms with Crippen molar-refractivity contribution in [3.8, 4) is 0 Å². The molecule has 5 heteroatoms. The van der Waals surface area contributed by atoms with Gasteiger partial charge in [-0.1, -0.05) is 20.3 Å². The average molecular weight is 314 g/mol. The normalized spacial score (nSPS) is 22.8. The van der Waals surface area contributed by atoms with Crippen LogP contribution in [0.1, 0.15) is 39.5 Å². The van der Waals surface area contributed by atoms with Crippen LogP contribution in [0.15, 0.2) is 15.5 Å². The third kappa shape index (κ3) is 2.94. The van der Waals surface area contributed by atoms with Crippen LogP contribution in [0.5, 0.6) is 0 Å². The third-order valence-corrected chi connectivity index (χ3v) is 4.41. The van der Waals surface area contributed by atoms with E-state index >= 15 is 0 Å². The van der Waals surface area contributed by atoms with Crippen LogP contribution in [0.4, 0.5) is 5.69 Å². The van der Waals surface area contributed by atoms with Gasteiger partial charge in [-0.25, -0.2) is 4.68 Å². The minimum atomic E-state index is -0.102. The summed E-state index contributed by atoms with van der Waals surface area (Å²) in [6.07, 6.45) is 6.52. The zero-order valence-corrected chi connectivity index (χ0v) is 12.7. The number of halogens is 1. The van der Waals surface area contributed by atoms with Gasteiger partial charge in [-0.2, -0.15) is 5.10 Å². The molecule has 1 saturated carbocycles. The molecule has 4 nitrogen and oxygen atoms in total. The fraction of sp³-hybridized carbons (Fsp3) is 0.692. The highest BCUT2D eigenvalue weighted by molar-refractivity contribution is 9.10. The number of nitrogens with zero attached hydrogens (tertiary/aromatic N) is 2. The highest BCUT2D eigenvalue weighted by Gasteiger charge is 2.28. The van der Waals surface area contributed by atoms with E-state index in [1.54, 1.807) is 13.2 Å². The van der Waals surface area contributed by atoms with E-state index in [-0.39, 0.29) is 5.56 Å². The lowest BCUT2D eigenvalue weighted by molar-refractivity contribution is 0.229. The molecule has 1 aromatic heterocycles. The predicted molar refractivity (Wildman–Crippen MR) is 76.8 cm³/mol. The summed E-state index contributed by atoms with van der Waals surface area (Å²) >= 11 is 3.35. The predicted octanol–water partition coefficient (Wildman–Crippen LogP) is 2.92. The topological polar surface area (TPSA) is 46.9 Å². The van der Waals surface area contributed by atoms with E-state index < -0.39 is 0 Å². The SMILES string of the molecule is Cn1ncc(NC2CCCC(C)(C)C2)c(Br)c1=O. The molecule has 0 aliphatic heterocycles. The Hall–Kier alpha value is -0.840. The van der Waals surface area contributed by atoms with Crippen molar-refractivity contribution in [2.45, 2.75) is 45.6 Å². The Morgan fingerprint density at radius 3 is 2.94 bits per heavy atom. The van der Waals surface area contributed by atoms with E-state index in [1.807, 2.05) is 0 Å². The summed E-state index contributed by atoms with van der Waals surface area (Å²) in [6, 6.07) is 0.430. The highest BCUT2D eigenvalue weighted by atomic mass is 79.9. The summed E-state index contributed by atoms with van der Waals surface area (Å²) in [5.41, 5.74) is 1.09. The molecule has 100 valence electrons. The van der Waals surface area contributed by atoms with E-state index in [1.165, 1.54) is 17.5 Å². The van der Waals surface area contributed by atoms with Gasteiger partial charge < -0.3 is 5.32 Å². The van der Waals surface area contributed by atoms with Crippen LogP contribution < -0.4 is 10.9 Å². The molecule has 1 heterocycles. The van der Waals surface area contributed by atoms with Gasteiger partial charge in [0.25, 0.3) is 5.56 Å². The van der Waals surface area contributed by atoms with E-state index in [9.17, 15) is 4.79 Å². The van der Waals surface area contributed by atoms with E-state index in [4.69, 9.17) is 0 Å². The van der Waals surface area contributed by atoms with E-state index in [2.05, 4.69) is 40.2 Å². The van der Waals surface area contributed by atoms with E-state index in [0.29, 0.717) is 15.9 Å². The van der Waals surface area contributed by atoms with Crippen molar-refractivity contribution in [1.29, 1.82) is 0 Å². The van der Waals surface area contributed by atoms with Crippen LogP contribution in [0.25, 0.3) is 0 Å². The summed E-state index contributed by atoms with van der Waals surface area (Å²) in [7, 11) is 1.65. The third-order valence-electron chi connectivity index (χ3n) is 3.64. The van der Waals surface area contributed by atoms with Gasteiger partial charge in [-0.15, -0.1) is 0 Å². The average Bonchev–Trinajstić information content (AvgIpc) is 2.29. The first-order valence-electron chi connectivity index (χ1n) is 6.37. The monoisotopic (exact) mass is 313 g/mol. The molecule has 0 aromatic carbocycles. The van der Waals surface area contributed by atoms with Gasteiger partial charge in [-0.3, -0.25) is 4.79 Å². The van der Waals surface area contributed by atoms with Crippen molar-refractivity contribution < 1.29 is 0 Å². The molecule has 1 atom stereocenters. The molecule has 0 bridgehead atoms. The summed E-state index contributed by atoms with van der Waals surface area (Å²) in [5.74, 6) is 0. The second kappa shape index (κ2) is 5.03. The maximum absolute atomic E-state index is 11.8. The van der Waals surface area contributed by atoms with Crippen LogP contribution in [-0.4, -0.2) is 15.8 Å². The Balaban J connectivity index is 2.15. The smallest absolute Gasteiger partial charge is 0.282 e. The van der Waals surface area contributed by atoms with E-state index in [0.717, 1.165) is 18.5 Å². The molecule has 0 radical (unpaired) electrons. The van der Waals surface area contributed by atoms with Crippen molar-refractivity contribution in [1.82, 2.24) is 9.78 Å². The molecule has 1 aliphatic carbocycles. The lowest BCUT2D eigenvalue weighted by atomic mass is 9.75. The van der Waals surface area contributed by atoms with Crippen molar-refractivity contribution in [2.24, 2.45) is 12.5 Å². The van der Waals surface area contributed by atoms with Crippen molar-refractivity contribution in [3.63, 3.8) is 0 Å². The van der Waals surface area contributed by atoms with Gasteiger partial charge in [0.15, 0.2) is 0 Å². The molecule has 1 aliphatic rings. The number of rotatable bonds is 2. The summed E-state index contributed by atoms with van der Waals surface area (Å²) in [4.78, 5) is 11.8. The number of aromatic nitrogens is 2. The first-order valence-corrected chi connectivity index (χ1v) is 7.17. The molecule has 1 N–H and O–H groups in total. The lowest BCUT2D eigenvalue weighted by Crippen LogP contribution is -2.33. The molecule has 0 saturated heterocycles. The molecule has 1 fully saturated rings. The molecule has 2 rings (SSSR count). The Bertz CT molecular complexity index is 495. The largest absolute Gasteiger partial charge is 0.380 e. The Morgan fingerprint density at radius 2 is 2.28 bits per heavy atom. The molecule has 18 heavy (non-hydrogen) atoms. The molecule has 0 spiro atoms. The molecule has 0 amide bonds. The minimum Gasteiger partial charge on any atom is -0.380 e.